The average Bonchev–Trinajstić information content (AvgIpc) is 2.77. The number of carbonyl (C=O) groups is 2. The number of hydrogen-bond donors (Lipinski definition) is 0. The van der Waals surface area contributed by atoms with Gasteiger partial charge in [-0.2, -0.15) is 0 Å². The number of benzene rings is 1. The van der Waals surface area contributed by atoms with Crippen molar-refractivity contribution in [2.24, 2.45) is 0 Å². The molecule has 0 radical (unpaired) electrons. The van der Waals surface area contributed by atoms with Gasteiger partial charge in [0.05, 0.1) is 25.3 Å². The number of nitrogens with zero attached hydrogens (tertiary/aromatic N) is 4. The summed E-state index contributed by atoms with van der Waals surface area (Å²) in [6.45, 7) is 6.16. The molecule has 30 heavy (non-hydrogen) atoms. The van der Waals surface area contributed by atoms with Crippen LogP contribution in [0.2, 0.25) is 0 Å². The lowest BCUT2D eigenvalue weighted by atomic mass is 10.0. The molecule has 1 aromatic carbocycles. The molecule has 1 aromatic heterocycles. The Balaban J connectivity index is 1.85. The fourth-order valence-electron chi connectivity index (χ4n) is 3.68. The minimum absolute atomic E-state index is 0.0371. The average molecular weight is 411 g/mol. The molecular weight excluding hydrogens is 380 g/mol. The highest BCUT2D eigenvalue weighted by Gasteiger charge is 2.27. The summed E-state index contributed by atoms with van der Waals surface area (Å²) < 4.78 is 4.93. The van der Waals surface area contributed by atoms with Crippen LogP contribution in [0.25, 0.3) is 11.4 Å². The van der Waals surface area contributed by atoms with E-state index in [4.69, 9.17) is 14.7 Å². The first-order valence-electron chi connectivity index (χ1n) is 10.6. The molecule has 0 unspecified atom stereocenters. The van der Waals surface area contributed by atoms with Crippen molar-refractivity contribution in [3.05, 3.63) is 41.6 Å². The van der Waals surface area contributed by atoms with Crippen LogP contribution in [-0.2, 0) is 27.3 Å². The highest BCUT2D eigenvalue weighted by molar-refractivity contribution is 5.81. The number of amides is 1. The largest absolute Gasteiger partial charge is 0.466 e. The number of ether oxygens (including phenoxy) is 1. The van der Waals surface area contributed by atoms with E-state index in [1.165, 1.54) is 0 Å². The summed E-state index contributed by atoms with van der Waals surface area (Å²) in [5, 5.41) is 0. The van der Waals surface area contributed by atoms with Crippen LogP contribution in [0.1, 0.15) is 44.4 Å². The maximum absolute atomic E-state index is 12.7. The Labute approximate surface area is 178 Å². The van der Waals surface area contributed by atoms with Crippen LogP contribution < -0.4 is 4.90 Å². The van der Waals surface area contributed by atoms with Gasteiger partial charge < -0.3 is 14.5 Å². The minimum Gasteiger partial charge on any atom is -0.466 e. The Morgan fingerprint density at radius 3 is 2.60 bits per heavy atom. The van der Waals surface area contributed by atoms with Crippen molar-refractivity contribution in [1.82, 2.24) is 14.9 Å². The van der Waals surface area contributed by atoms with Crippen molar-refractivity contribution >= 4 is 17.7 Å². The van der Waals surface area contributed by atoms with Gasteiger partial charge in [0.2, 0.25) is 5.91 Å². The van der Waals surface area contributed by atoms with E-state index in [1.54, 1.807) is 11.8 Å². The van der Waals surface area contributed by atoms with Gasteiger partial charge in [-0.1, -0.05) is 37.3 Å². The van der Waals surface area contributed by atoms with E-state index >= 15 is 0 Å². The van der Waals surface area contributed by atoms with Gasteiger partial charge in [0, 0.05) is 44.1 Å². The van der Waals surface area contributed by atoms with Gasteiger partial charge in [0.1, 0.15) is 5.82 Å². The smallest absolute Gasteiger partial charge is 0.306 e. The number of esters is 1. The minimum atomic E-state index is -0.331. The number of anilines is 1. The summed E-state index contributed by atoms with van der Waals surface area (Å²) in [6.07, 6.45) is 1.95. The first kappa shape index (κ1) is 21.7. The van der Waals surface area contributed by atoms with Crippen molar-refractivity contribution in [2.75, 3.05) is 31.6 Å². The van der Waals surface area contributed by atoms with E-state index in [0.717, 1.165) is 41.4 Å². The van der Waals surface area contributed by atoms with Crippen molar-refractivity contribution in [1.29, 1.82) is 0 Å². The maximum atomic E-state index is 12.7. The molecule has 3 rings (SSSR count). The molecule has 7 nitrogen and oxygen atoms in total. The van der Waals surface area contributed by atoms with Crippen LogP contribution in [0.15, 0.2) is 30.3 Å². The number of rotatable bonds is 8. The molecule has 0 spiro atoms. The van der Waals surface area contributed by atoms with Crippen LogP contribution in [0, 0.1) is 0 Å². The normalized spacial score (nSPS) is 13.0. The zero-order valence-electron chi connectivity index (χ0n) is 18.1. The van der Waals surface area contributed by atoms with Gasteiger partial charge in [0.25, 0.3) is 0 Å². The lowest BCUT2D eigenvalue weighted by Gasteiger charge is -2.32. The third-order valence-corrected chi connectivity index (χ3v) is 5.19. The molecule has 0 N–H and O–H groups in total. The second kappa shape index (κ2) is 10.2. The quantitative estimate of drug-likeness (QED) is 0.622. The molecule has 1 amide bonds. The van der Waals surface area contributed by atoms with E-state index in [0.29, 0.717) is 26.1 Å². The second-order valence-corrected chi connectivity index (χ2v) is 7.45. The topological polar surface area (TPSA) is 75.6 Å². The van der Waals surface area contributed by atoms with Crippen LogP contribution in [0.3, 0.4) is 0 Å². The van der Waals surface area contributed by atoms with Gasteiger partial charge in [-0.05, 0) is 13.3 Å². The van der Waals surface area contributed by atoms with E-state index in [2.05, 4.69) is 11.8 Å². The summed E-state index contributed by atoms with van der Waals surface area (Å²) in [7, 11) is 2.03. The number of aromatic nitrogens is 2. The lowest BCUT2D eigenvalue weighted by Crippen LogP contribution is -2.38. The predicted octanol–water partition coefficient (Wildman–Crippen LogP) is 3.22. The first-order chi connectivity index (χ1) is 14.5. The van der Waals surface area contributed by atoms with E-state index in [9.17, 15) is 9.59 Å². The molecule has 2 heterocycles. The van der Waals surface area contributed by atoms with Crippen LogP contribution in [0.5, 0.6) is 0 Å². The zero-order valence-corrected chi connectivity index (χ0v) is 18.1. The van der Waals surface area contributed by atoms with Crippen LogP contribution in [0.4, 0.5) is 5.82 Å². The maximum Gasteiger partial charge on any atom is 0.306 e. The fraction of sp³-hybridized carbons (Fsp3) is 0.478. The Kier molecular flexibility index (Phi) is 7.38. The Hall–Kier alpha value is -2.96. The number of hydrogen-bond acceptors (Lipinski definition) is 6. The standard InChI is InChI=1S/C23H30N4O3/c1-4-14-26(3)23-18-16-27(20(28)11-12-21(29)30-5-2)15-13-19(18)24-22(25-23)17-9-7-6-8-10-17/h6-10H,4-5,11-16H2,1-3H3. The molecule has 0 aliphatic carbocycles. The molecule has 1 aliphatic rings. The SMILES string of the molecule is CCCN(C)c1nc(-c2ccccc2)nc2c1CN(C(=O)CCC(=O)OCC)CC2. The predicted molar refractivity (Wildman–Crippen MR) is 116 cm³/mol. The molecule has 7 heteroatoms. The highest BCUT2D eigenvalue weighted by atomic mass is 16.5. The van der Waals surface area contributed by atoms with Crippen molar-refractivity contribution in [3.8, 4) is 11.4 Å². The van der Waals surface area contributed by atoms with Crippen LogP contribution >= 0.6 is 0 Å². The Morgan fingerprint density at radius 2 is 1.90 bits per heavy atom. The van der Waals surface area contributed by atoms with Gasteiger partial charge >= 0.3 is 5.97 Å². The van der Waals surface area contributed by atoms with Crippen LogP contribution in [-0.4, -0.2) is 53.5 Å². The molecule has 0 saturated carbocycles. The van der Waals surface area contributed by atoms with Gasteiger partial charge in [-0.15, -0.1) is 0 Å². The molecule has 0 fully saturated rings. The third kappa shape index (κ3) is 5.14. The van der Waals surface area contributed by atoms with Gasteiger partial charge in [0.15, 0.2) is 5.82 Å². The number of fused-ring (bicyclic) bond motifs is 1. The highest BCUT2D eigenvalue weighted by Crippen LogP contribution is 2.29. The molecule has 160 valence electrons. The molecular formula is C23H30N4O3. The van der Waals surface area contributed by atoms with Gasteiger partial charge in [-0.3, -0.25) is 9.59 Å². The summed E-state index contributed by atoms with van der Waals surface area (Å²) in [6, 6.07) is 9.97. The third-order valence-electron chi connectivity index (χ3n) is 5.19. The molecule has 1 aliphatic heterocycles. The second-order valence-electron chi connectivity index (χ2n) is 7.45. The monoisotopic (exact) mass is 410 g/mol. The summed E-state index contributed by atoms with van der Waals surface area (Å²) in [5.74, 6) is 1.23. The first-order valence-corrected chi connectivity index (χ1v) is 10.6. The molecule has 2 aromatic rings. The Bertz CT molecular complexity index is 886. The molecule has 0 saturated heterocycles. The fourth-order valence-corrected chi connectivity index (χ4v) is 3.68. The van der Waals surface area contributed by atoms with E-state index in [1.807, 2.05) is 37.4 Å². The van der Waals surface area contributed by atoms with E-state index < -0.39 is 0 Å². The Morgan fingerprint density at radius 1 is 1.13 bits per heavy atom. The van der Waals surface area contributed by atoms with Crippen molar-refractivity contribution < 1.29 is 14.3 Å². The molecule has 0 bridgehead atoms. The molecule has 0 atom stereocenters. The van der Waals surface area contributed by atoms with Crippen molar-refractivity contribution in [2.45, 2.75) is 46.1 Å². The zero-order chi connectivity index (χ0) is 21.5. The van der Waals surface area contributed by atoms with Crippen molar-refractivity contribution in [3.63, 3.8) is 0 Å². The van der Waals surface area contributed by atoms with E-state index in [-0.39, 0.29) is 24.7 Å². The summed E-state index contributed by atoms with van der Waals surface area (Å²) in [4.78, 5) is 37.9. The summed E-state index contributed by atoms with van der Waals surface area (Å²) in [5.41, 5.74) is 2.98. The summed E-state index contributed by atoms with van der Waals surface area (Å²) >= 11 is 0. The van der Waals surface area contributed by atoms with Gasteiger partial charge in [-0.25, -0.2) is 9.97 Å². The number of carbonyl (C=O) groups excluding carboxylic acids is 2. The lowest BCUT2D eigenvalue weighted by molar-refractivity contribution is -0.145.